The van der Waals surface area contributed by atoms with Crippen molar-refractivity contribution in [3.63, 3.8) is 0 Å². The van der Waals surface area contributed by atoms with Gasteiger partial charge in [-0.1, -0.05) is 26.3 Å². The van der Waals surface area contributed by atoms with Crippen molar-refractivity contribution < 1.29 is 4.79 Å². The highest BCUT2D eigenvalue weighted by molar-refractivity contribution is 5.92. The third-order valence-corrected chi connectivity index (χ3v) is 3.90. The summed E-state index contributed by atoms with van der Waals surface area (Å²) in [5, 5.41) is 0. The van der Waals surface area contributed by atoms with Crippen molar-refractivity contribution in [3.8, 4) is 0 Å². The van der Waals surface area contributed by atoms with Crippen LogP contribution in [0.25, 0.3) is 0 Å². The number of ketones is 1. The van der Waals surface area contributed by atoms with Crippen molar-refractivity contribution in [2.45, 2.75) is 46.5 Å². The number of allylic oxidation sites excluding steroid dienone is 2. The van der Waals surface area contributed by atoms with Gasteiger partial charge in [0.15, 0.2) is 5.78 Å². The number of carbonyl (C=O) groups excluding carboxylic acids is 1. The first-order chi connectivity index (χ1) is 6.49. The van der Waals surface area contributed by atoms with Crippen LogP contribution in [0.15, 0.2) is 11.6 Å². The van der Waals surface area contributed by atoms with Crippen LogP contribution in [0.5, 0.6) is 0 Å². The number of hydrogen-bond donors (Lipinski definition) is 0. The van der Waals surface area contributed by atoms with E-state index in [-0.39, 0.29) is 5.41 Å². The third kappa shape index (κ3) is 1.65. The standard InChI is InChI=1S/C13H20O/c1-9-4-5-12-10(6-9)7-11(14)8-13(12,2)3/h7,9,12H,4-6,8H2,1-3H3/t9-,12-/m1/s1. The molecule has 1 heteroatoms. The Hall–Kier alpha value is -0.590. The zero-order valence-corrected chi connectivity index (χ0v) is 9.47. The van der Waals surface area contributed by atoms with Crippen molar-refractivity contribution in [2.75, 3.05) is 0 Å². The summed E-state index contributed by atoms with van der Waals surface area (Å²) >= 11 is 0. The molecule has 0 unspecified atom stereocenters. The lowest BCUT2D eigenvalue weighted by Crippen LogP contribution is -2.35. The van der Waals surface area contributed by atoms with Crippen LogP contribution in [0.3, 0.4) is 0 Å². The summed E-state index contributed by atoms with van der Waals surface area (Å²) in [6, 6.07) is 0. The van der Waals surface area contributed by atoms with Crippen LogP contribution in [0.4, 0.5) is 0 Å². The first kappa shape index (κ1) is 9.95. The minimum Gasteiger partial charge on any atom is -0.295 e. The molecule has 0 radical (unpaired) electrons. The summed E-state index contributed by atoms with van der Waals surface area (Å²) < 4.78 is 0. The average Bonchev–Trinajstić information content (AvgIpc) is 2.00. The van der Waals surface area contributed by atoms with Gasteiger partial charge in [0.1, 0.15) is 0 Å². The predicted molar refractivity (Wildman–Crippen MR) is 58.0 cm³/mol. The maximum atomic E-state index is 11.6. The van der Waals surface area contributed by atoms with E-state index in [0.717, 1.165) is 18.8 Å². The van der Waals surface area contributed by atoms with Gasteiger partial charge in [0, 0.05) is 6.42 Å². The molecule has 0 aliphatic heterocycles. The van der Waals surface area contributed by atoms with Crippen LogP contribution in [0.2, 0.25) is 0 Å². The zero-order valence-electron chi connectivity index (χ0n) is 9.47. The molecule has 2 rings (SSSR count). The largest absolute Gasteiger partial charge is 0.295 e. The Morgan fingerprint density at radius 3 is 2.79 bits per heavy atom. The quantitative estimate of drug-likeness (QED) is 0.575. The number of fused-ring (bicyclic) bond motifs is 1. The highest BCUT2D eigenvalue weighted by Crippen LogP contribution is 2.47. The Labute approximate surface area is 86.6 Å². The van der Waals surface area contributed by atoms with Crippen LogP contribution in [-0.4, -0.2) is 5.78 Å². The molecule has 0 spiro atoms. The summed E-state index contributed by atoms with van der Waals surface area (Å²) in [5.74, 6) is 1.80. The average molecular weight is 192 g/mol. The van der Waals surface area contributed by atoms with Crippen LogP contribution in [0, 0.1) is 17.3 Å². The van der Waals surface area contributed by atoms with Crippen LogP contribution in [0.1, 0.15) is 46.5 Å². The van der Waals surface area contributed by atoms with E-state index < -0.39 is 0 Å². The molecule has 0 amide bonds. The molecule has 0 N–H and O–H groups in total. The lowest BCUT2D eigenvalue weighted by molar-refractivity contribution is -0.118. The Morgan fingerprint density at radius 2 is 2.07 bits per heavy atom. The van der Waals surface area contributed by atoms with Crippen molar-refractivity contribution in [2.24, 2.45) is 17.3 Å². The van der Waals surface area contributed by atoms with Gasteiger partial charge in [-0.3, -0.25) is 4.79 Å². The highest BCUT2D eigenvalue weighted by atomic mass is 16.1. The van der Waals surface area contributed by atoms with E-state index in [1.165, 1.54) is 18.4 Å². The van der Waals surface area contributed by atoms with Gasteiger partial charge < -0.3 is 0 Å². The Bertz CT molecular complexity index is 286. The summed E-state index contributed by atoms with van der Waals surface area (Å²) in [5.41, 5.74) is 1.64. The maximum absolute atomic E-state index is 11.6. The minimum atomic E-state index is 0.210. The van der Waals surface area contributed by atoms with Gasteiger partial charge in [-0.15, -0.1) is 0 Å². The fourth-order valence-corrected chi connectivity index (χ4v) is 3.17. The van der Waals surface area contributed by atoms with Crippen molar-refractivity contribution >= 4 is 5.78 Å². The number of carbonyl (C=O) groups is 1. The molecule has 0 saturated heterocycles. The van der Waals surface area contributed by atoms with Gasteiger partial charge in [0.2, 0.25) is 0 Å². The van der Waals surface area contributed by atoms with Gasteiger partial charge in [-0.2, -0.15) is 0 Å². The van der Waals surface area contributed by atoms with E-state index in [1.54, 1.807) is 0 Å². The van der Waals surface area contributed by atoms with Crippen LogP contribution in [-0.2, 0) is 4.79 Å². The molecule has 2 aliphatic carbocycles. The Morgan fingerprint density at radius 1 is 1.36 bits per heavy atom. The molecule has 78 valence electrons. The molecule has 1 saturated carbocycles. The van der Waals surface area contributed by atoms with Gasteiger partial charge in [-0.25, -0.2) is 0 Å². The van der Waals surface area contributed by atoms with Gasteiger partial charge >= 0.3 is 0 Å². The Kier molecular flexibility index (Phi) is 2.29. The van der Waals surface area contributed by atoms with Crippen LogP contribution < -0.4 is 0 Å². The van der Waals surface area contributed by atoms with E-state index in [4.69, 9.17) is 0 Å². The molecule has 1 nitrogen and oxygen atoms in total. The van der Waals surface area contributed by atoms with E-state index in [1.807, 2.05) is 6.08 Å². The SMILES string of the molecule is C[C@@H]1CC[C@@H]2C(=CC(=O)CC2(C)C)C1. The summed E-state index contributed by atoms with van der Waals surface area (Å²) in [4.78, 5) is 11.6. The van der Waals surface area contributed by atoms with Gasteiger partial charge in [0.25, 0.3) is 0 Å². The van der Waals surface area contributed by atoms with E-state index in [9.17, 15) is 4.79 Å². The Balaban J connectivity index is 2.29. The fourth-order valence-electron chi connectivity index (χ4n) is 3.17. The molecule has 0 aromatic rings. The summed E-state index contributed by atoms with van der Waals surface area (Å²) in [6.45, 7) is 6.79. The molecular weight excluding hydrogens is 172 g/mol. The molecule has 2 aliphatic rings. The molecule has 0 heterocycles. The topological polar surface area (TPSA) is 17.1 Å². The first-order valence-corrected chi connectivity index (χ1v) is 5.72. The predicted octanol–water partition coefficient (Wildman–Crippen LogP) is 3.35. The zero-order chi connectivity index (χ0) is 10.3. The molecule has 2 atom stereocenters. The lowest BCUT2D eigenvalue weighted by atomic mass is 9.62. The second-order valence-electron chi connectivity index (χ2n) is 5.79. The van der Waals surface area contributed by atoms with Crippen molar-refractivity contribution in [1.82, 2.24) is 0 Å². The lowest BCUT2D eigenvalue weighted by Gasteiger charge is -2.42. The van der Waals surface area contributed by atoms with Crippen molar-refractivity contribution in [3.05, 3.63) is 11.6 Å². The third-order valence-electron chi connectivity index (χ3n) is 3.90. The normalized spacial score (nSPS) is 36.2. The monoisotopic (exact) mass is 192 g/mol. The first-order valence-electron chi connectivity index (χ1n) is 5.72. The maximum Gasteiger partial charge on any atom is 0.156 e. The smallest absolute Gasteiger partial charge is 0.156 e. The number of hydrogen-bond acceptors (Lipinski definition) is 1. The van der Waals surface area contributed by atoms with E-state index >= 15 is 0 Å². The second kappa shape index (κ2) is 3.22. The minimum absolute atomic E-state index is 0.210. The van der Waals surface area contributed by atoms with E-state index in [2.05, 4.69) is 20.8 Å². The molecule has 1 fully saturated rings. The molecule has 0 aromatic heterocycles. The summed E-state index contributed by atoms with van der Waals surface area (Å²) in [6.07, 6.45) is 6.45. The van der Waals surface area contributed by atoms with Crippen LogP contribution >= 0.6 is 0 Å². The molecule has 0 bridgehead atoms. The fraction of sp³-hybridized carbons (Fsp3) is 0.769. The van der Waals surface area contributed by atoms with Gasteiger partial charge in [-0.05, 0) is 42.6 Å². The molecular formula is C13H20O. The van der Waals surface area contributed by atoms with E-state index in [0.29, 0.717) is 11.7 Å². The van der Waals surface area contributed by atoms with Gasteiger partial charge in [0.05, 0.1) is 0 Å². The number of rotatable bonds is 0. The molecule has 0 aromatic carbocycles. The second-order valence-corrected chi connectivity index (χ2v) is 5.79. The molecule has 14 heavy (non-hydrogen) atoms. The summed E-state index contributed by atoms with van der Waals surface area (Å²) in [7, 11) is 0. The highest BCUT2D eigenvalue weighted by Gasteiger charge is 2.39. The van der Waals surface area contributed by atoms with Crippen molar-refractivity contribution in [1.29, 1.82) is 0 Å².